The number of aliphatic hydroxyl groups is 1. The zero-order chi connectivity index (χ0) is 14.8. The second-order valence-corrected chi connectivity index (χ2v) is 4.99. The Morgan fingerprint density at radius 2 is 2.00 bits per heavy atom. The molecule has 21 heavy (non-hydrogen) atoms. The van der Waals surface area contributed by atoms with Crippen LogP contribution in [0.15, 0.2) is 53.8 Å². The van der Waals surface area contributed by atoms with Crippen LogP contribution in [0.4, 0.5) is 0 Å². The van der Waals surface area contributed by atoms with Crippen molar-refractivity contribution >= 4 is 16.7 Å². The molecule has 1 atom stereocenters. The summed E-state index contributed by atoms with van der Waals surface area (Å²) in [6, 6.07) is 14.0. The Labute approximate surface area is 122 Å². The van der Waals surface area contributed by atoms with E-state index in [0.717, 1.165) is 16.3 Å². The van der Waals surface area contributed by atoms with Crippen LogP contribution in [0.3, 0.4) is 0 Å². The van der Waals surface area contributed by atoms with Crippen LogP contribution >= 0.6 is 0 Å². The Hall–Kier alpha value is -2.33. The maximum atomic E-state index is 11.5. The number of ether oxygens (including phenoxy) is 2. The SMILES string of the molecule is COC(=O)C1=C(O)CC(c2cccc3ccccc23)OC1. The Morgan fingerprint density at radius 3 is 2.76 bits per heavy atom. The molecule has 0 bridgehead atoms. The van der Waals surface area contributed by atoms with E-state index in [1.807, 2.05) is 42.5 Å². The fraction of sp³-hybridized carbons (Fsp3) is 0.235. The van der Waals surface area contributed by atoms with Crippen molar-refractivity contribution in [3.63, 3.8) is 0 Å². The number of carbonyl (C=O) groups is 1. The zero-order valence-corrected chi connectivity index (χ0v) is 11.7. The minimum Gasteiger partial charge on any atom is -0.512 e. The highest BCUT2D eigenvalue weighted by molar-refractivity contribution is 5.89. The van der Waals surface area contributed by atoms with E-state index >= 15 is 0 Å². The standard InChI is InChI=1S/C17H16O4/c1-20-17(19)14-10-21-16(9-15(14)18)13-8-4-6-11-5-2-3-7-12(11)13/h2-8,16,18H,9-10H2,1H3. The summed E-state index contributed by atoms with van der Waals surface area (Å²) >= 11 is 0. The van der Waals surface area contributed by atoms with E-state index in [9.17, 15) is 9.90 Å². The van der Waals surface area contributed by atoms with E-state index < -0.39 is 5.97 Å². The molecule has 0 aliphatic carbocycles. The van der Waals surface area contributed by atoms with Gasteiger partial charge in [0.05, 0.1) is 19.8 Å². The van der Waals surface area contributed by atoms with Gasteiger partial charge in [-0.3, -0.25) is 0 Å². The number of fused-ring (bicyclic) bond motifs is 1. The van der Waals surface area contributed by atoms with E-state index in [2.05, 4.69) is 4.74 Å². The molecule has 1 heterocycles. The summed E-state index contributed by atoms with van der Waals surface area (Å²) in [6.45, 7) is 0.0619. The van der Waals surface area contributed by atoms with Crippen LogP contribution in [-0.2, 0) is 14.3 Å². The number of aliphatic hydroxyl groups excluding tert-OH is 1. The zero-order valence-electron chi connectivity index (χ0n) is 11.7. The van der Waals surface area contributed by atoms with Crippen molar-refractivity contribution in [2.45, 2.75) is 12.5 Å². The number of hydrogen-bond acceptors (Lipinski definition) is 4. The second kappa shape index (κ2) is 5.58. The molecule has 0 saturated carbocycles. The number of hydrogen-bond donors (Lipinski definition) is 1. The predicted molar refractivity (Wildman–Crippen MR) is 78.9 cm³/mol. The molecule has 0 radical (unpaired) electrons. The van der Waals surface area contributed by atoms with Crippen molar-refractivity contribution in [2.75, 3.05) is 13.7 Å². The predicted octanol–water partition coefficient (Wildman–Crippen LogP) is 3.29. The van der Waals surface area contributed by atoms with Crippen molar-refractivity contribution in [3.8, 4) is 0 Å². The quantitative estimate of drug-likeness (QED) is 0.860. The van der Waals surface area contributed by atoms with Crippen LogP contribution in [0.5, 0.6) is 0 Å². The van der Waals surface area contributed by atoms with Crippen molar-refractivity contribution in [1.82, 2.24) is 0 Å². The molecule has 0 spiro atoms. The maximum Gasteiger partial charge on any atom is 0.339 e. The summed E-state index contributed by atoms with van der Waals surface area (Å²) < 4.78 is 10.4. The van der Waals surface area contributed by atoms with Crippen LogP contribution < -0.4 is 0 Å². The summed E-state index contributed by atoms with van der Waals surface area (Å²) in [4.78, 5) is 11.5. The fourth-order valence-corrected chi connectivity index (χ4v) is 2.66. The summed E-state index contributed by atoms with van der Waals surface area (Å²) in [5, 5.41) is 12.3. The molecular formula is C17H16O4. The summed E-state index contributed by atoms with van der Waals surface area (Å²) in [5.74, 6) is -0.491. The molecule has 2 aromatic rings. The molecule has 0 saturated heterocycles. The molecule has 3 rings (SSSR count). The normalized spacial score (nSPS) is 18.8. The monoisotopic (exact) mass is 284 g/mol. The van der Waals surface area contributed by atoms with Gasteiger partial charge in [0, 0.05) is 6.42 Å². The first-order valence-electron chi connectivity index (χ1n) is 6.79. The lowest BCUT2D eigenvalue weighted by molar-refractivity contribution is -0.137. The van der Waals surface area contributed by atoms with Crippen molar-refractivity contribution in [2.24, 2.45) is 0 Å². The van der Waals surface area contributed by atoms with Gasteiger partial charge in [0.25, 0.3) is 0 Å². The molecule has 1 N–H and O–H groups in total. The van der Waals surface area contributed by atoms with Gasteiger partial charge < -0.3 is 14.6 Å². The number of methoxy groups -OCH3 is 1. The minimum atomic E-state index is -0.538. The van der Waals surface area contributed by atoms with Crippen LogP contribution in [0.2, 0.25) is 0 Å². The smallest absolute Gasteiger partial charge is 0.339 e. The molecule has 0 fully saturated rings. The van der Waals surface area contributed by atoms with E-state index in [1.165, 1.54) is 7.11 Å². The lowest BCUT2D eigenvalue weighted by atomic mass is 9.95. The van der Waals surface area contributed by atoms with Gasteiger partial charge in [-0.1, -0.05) is 42.5 Å². The van der Waals surface area contributed by atoms with E-state index in [0.29, 0.717) is 0 Å². The fourth-order valence-electron chi connectivity index (χ4n) is 2.66. The number of benzene rings is 2. The molecule has 1 aliphatic heterocycles. The van der Waals surface area contributed by atoms with Crippen molar-refractivity contribution < 1.29 is 19.4 Å². The lowest BCUT2D eigenvalue weighted by Crippen LogP contribution is -2.21. The summed E-state index contributed by atoms with van der Waals surface area (Å²) in [6.07, 6.45) is 0.0165. The highest BCUT2D eigenvalue weighted by Crippen LogP contribution is 2.34. The third kappa shape index (κ3) is 2.50. The minimum absolute atomic E-state index is 0.0473. The Kier molecular flexibility index (Phi) is 3.62. The molecule has 4 nitrogen and oxygen atoms in total. The van der Waals surface area contributed by atoms with Gasteiger partial charge >= 0.3 is 5.97 Å². The van der Waals surface area contributed by atoms with Crippen LogP contribution in [-0.4, -0.2) is 24.8 Å². The van der Waals surface area contributed by atoms with Gasteiger partial charge in [-0.05, 0) is 16.3 Å². The first kappa shape index (κ1) is 13.6. The Bertz CT molecular complexity index is 712. The van der Waals surface area contributed by atoms with E-state index in [-0.39, 0.29) is 30.5 Å². The molecular weight excluding hydrogens is 268 g/mol. The summed E-state index contributed by atoms with van der Waals surface area (Å²) in [5.41, 5.74) is 1.22. The first-order valence-corrected chi connectivity index (χ1v) is 6.79. The molecule has 4 heteroatoms. The highest BCUT2D eigenvalue weighted by Gasteiger charge is 2.27. The third-order valence-corrected chi connectivity index (χ3v) is 3.76. The van der Waals surface area contributed by atoms with Crippen LogP contribution in [0, 0.1) is 0 Å². The molecule has 0 amide bonds. The lowest BCUT2D eigenvalue weighted by Gasteiger charge is -2.25. The molecule has 1 unspecified atom stereocenters. The van der Waals surface area contributed by atoms with Gasteiger partial charge in [-0.15, -0.1) is 0 Å². The average molecular weight is 284 g/mol. The maximum absolute atomic E-state index is 11.5. The largest absolute Gasteiger partial charge is 0.512 e. The Balaban J connectivity index is 1.96. The topological polar surface area (TPSA) is 55.8 Å². The summed E-state index contributed by atoms with van der Waals surface area (Å²) in [7, 11) is 1.29. The van der Waals surface area contributed by atoms with Gasteiger partial charge in [-0.25, -0.2) is 4.79 Å². The highest BCUT2D eigenvalue weighted by atomic mass is 16.5. The van der Waals surface area contributed by atoms with Gasteiger partial charge in [0.2, 0.25) is 0 Å². The molecule has 108 valence electrons. The molecule has 0 aromatic heterocycles. The van der Waals surface area contributed by atoms with Gasteiger partial charge in [0.1, 0.15) is 11.3 Å². The van der Waals surface area contributed by atoms with E-state index in [1.54, 1.807) is 0 Å². The second-order valence-electron chi connectivity index (χ2n) is 4.99. The molecule has 2 aromatic carbocycles. The number of esters is 1. The van der Waals surface area contributed by atoms with Crippen LogP contribution in [0.25, 0.3) is 10.8 Å². The third-order valence-electron chi connectivity index (χ3n) is 3.76. The number of rotatable bonds is 2. The molecule has 1 aliphatic rings. The van der Waals surface area contributed by atoms with Crippen LogP contribution in [0.1, 0.15) is 18.1 Å². The van der Waals surface area contributed by atoms with Gasteiger partial charge in [0.15, 0.2) is 0 Å². The first-order chi connectivity index (χ1) is 10.2. The number of carbonyl (C=O) groups excluding carboxylic acids is 1. The van der Waals surface area contributed by atoms with Crippen molar-refractivity contribution in [1.29, 1.82) is 0 Å². The Morgan fingerprint density at radius 1 is 1.24 bits per heavy atom. The van der Waals surface area contributed by atoms with Crippen molar-refractivity contribution in [3.05, 3.63) is 59.4 Å². The van der Waals surface area contributed by atoms with E-state index in [4.69, 9.17) is 4.74 Å². The van der Waals surface area contributed by atoms with Gasteiger partial charge in [-0.2, -0.15) is 0 Å². The average Bonchev–Trinajstić information content (AvgIpc) is 2.53.